The van der Waals surface area contributed by atoms with E-state index >= 15 is 0 Å². The molecule has 0 saturated heterocycles. The number of aromatic nitrogens is 3. The van der Waals surface area contributed by atoms with Crippen molar-refractivity contribution in [1.29, 1.82) is 0 Å². The summed E-state index contributed by atoms with van der Waals surface area (Å²) in [5, 5.41) is 17.5. The average Bonchev–Trinajstić information content (AvgIpc) is 3.08. The minimum Gasteiger partial charge on any atom is -0.357 e. The number of rotatable bonds is 7. The van der Waals surface area contributed by atoms with Crippen molar-refractivity contribution in [2.24, 2.45) is 0 Å². The number of pyridine rings is 1. The molecule has 0 atom stereocenters. The van der Waals surface area contributed by atoms with E-state index in [9.17, 15) is 14.9 Å². The number of amides is 1. The summed E-state index contributed by atoms with van der Waals surface area (Å²) in [5.74, 6) is 0.493. The molecule has 0 radical (unpaired) electrons. The monoisotopic (exact) mass is 346 g/mol. The second-order valence-electron chi connectivity index (χ2n) is 5.99. The third kappa shape index (κ3) is 3.93. The van der Waals surface area contributed by atoms with Crippen LogP contribution >= 0.6 is 0 Å². The second-order valence-corrected chi connectivity index (χ2v) is 5.99. The van der Waals surface area contributed by atoms with Gasteiger partial charge in [0.1, 0.15) is 23.8 Å². The molecule has 0 bridgehead atoms. The lowest BCUT2D eigenvalue weighted by Gasteiger charge is -2.24. The lowest BCUT2D eigenvalue weighted by Crippen LogP contribution is -2.40. The number of hydrogen-bond donors (Lipinski definition) is 1. The Morgan fingerprint density at radius 3 is 2.48 bits per heavy atom. The molecule has 2 aromatic rings. The largest absolute Gasteiger partial charge is 0.357 e. The Morgan fingerprint density at radius 2 is 2.00 bits per heavy atom. The Kier molecular flexibility index (Phi) is 5.35. The molecule has 1 N–H and O–H groups in total. The molecule has 25 heavy (non-hydrogen) atoms. The normalized spacial score (nSPS) is 11.2. The summed E-state index contributed by atoms with van der Waals surface area (Å²) in [5.41, 5.74) is -0.701. The van der Waals surface area contributed by atoms with Crippen LogP contribution in [0.25, 0.3) is 0 Å². The van der Waals surface area contributed by atoms with Crippen molar-refractivity contribution >= 4 is 23.1 Å². The summed E-state index contributed by atoms with van der Waals surface area (Å²) in [6.45, 7) is 9.06. The lowest BCUT2D eigenvalue weighted by molar-refractivity contribution is -0.385. The van der Waals surface area contributed by atoms with E-state index in [4.69, 9.17) is 0 Å². The number of nitrogens with zero attached hydrogens (tertiary/aromatic N) is 5. The van der Waals surface area contributed by atoms with Gasteiger partial charge in [0.25, 0.3) is 5.91 Å². The molecular formula is C16H22N6O3. The minimum absolute atomic E-state index is 0.161. The third-order valence-corrected chi connectivity index (χ3v) is 4.00. The highest BCUT2D eigenvalue weighted by Gasteiger charge is 2.32. The SMILES string of the molecule is CCN(CC)c1ccc(NC(=O)C(C)(C)n2cc([N+](=O)[O-])cn2)cn1. The highest BCUT2D eigenvalue weighted by atomic mass is 16.6. The molecule has 0 spiro atoms. The van der Waals surface area contributed by atoms with Gasteiger partial charge in [-0.05, 0) is 39.8 Å². The predicted octanol–water partition coefficient (Wildman–Crippen LogP) is 2.41. The van der Waals surface area contributed by atoms with Crippen molar-refractivity contribution in [3.63, 3.8) is 0 Å². The maximum absolute atomic E-state index is 12.6. The molecule has 2 rings (SSSR count). The Labute approximate surface area is 145 Å². The van der Waals surface area contributed by atoms with E-state index in [-0.39, 0.29) is 11.6 Å². The van der Waals surface area contributed by atoms with E-state index in [0.29, 0.717) is 5.69 Å². The summed E-state index contributed by atoms with van der Waals surface area (Å²) in [7, 11) is 0. The van der Waals surface area contributed by atoms with Gasteiger partial charge in [0.05, 0.1) is 16.8 Å². The maximum Gasteiger partial charge on any atom is 0.307 e. The first kappa shape index (κ1) is 18.4. The molecule has 9 nitrogen and oxygen atoms in total. The van der Waals surface area contributed by atoms with Gasteiger partial charge in [-0.1, -0.05) is 0 Å². The van der Waals surface area contributed by atoms with Gasteiger partial charge in [-0.25, -0.2) is 4.98 Å². The molecule has 0 fully saturated rings. The number of carbonyl (C=O) groups is 1. The number of nitro groups is 1. The van der Waals surface area contributed by atoms with E-state index in [1.54, 1.807) is 26.1 Å². The van der Waals surface area contributed by atoms with Crippen LogP contribution in [0.3, 0.4) is 0 Å². The zero-order valence-electron chi connectivity index (χ0n) is 14.8. The van der Waals surface area contributed by atoms with Crippen molar-refractivity contribution in [2.75, 3.05) is 23.3 Å². The summed E-state index contributed by atoms with van der Waals surface area (Å²) >= 11 is 0. The standard InChI is InChI=1S/C16H22N6O3/c1-5-20(6-2)14-8-7-12(9-17-14)19-15(23)16(3,4)21-11-13(10-18-21)22(24)25/h7-11H,5-6H2,1-4H3,(H,19,23). The van der Waals surface area contributed by atoms with Crippen LogP contribution in [0.5, 0.6) is 0 Å². The minimum atomic E-state index is -1.09. The Hall–Kier alpha value is -2.97. The summed E-state index contributed by atoms with van der Waals surface area (Å²) in [6, 6.07) is 3.62. The predicted molar refractivity (Wildman–Crippen MR) is 94.6 cm³/mol. The van der Waals surface area contributed by atoms with Gasteiger partial charge in [0, 0.05) is 13.1 Å². The molecule has 0 saturated carbocycles. The molecule has 0 aliphatic rings. The molecule has 9 heteroatoms. The zero-order valence-corrected chi connectivity index (χ0v) is 14.8. The van der Waals surface area contributed by atoms with Crippen molar-refractivity contribution in [1.82, 2.24) is 14.8 Å². The van der Waals surface area contributed by atoms with Gasteiger partial charge in [-0.15, -0.1) is 0 Å². The van der Waals surface area contributed by atoms with Crippen molar-refractivity contribution in [3.05, 3.63) is 40.8 Å². The topological polar surface area (TPSA) is 106 Å². The Bertz CT molecular complexity index is 749. The van der Waals surface area contributed by atoms with Crippen molar-refractivity contribution in [3.8, 4) is 0 Å². The lowest BCUT2D eigenvalue weighted by atomic mass is 10.1. The smallest absolute Gasteiger partial charge is 0.307 e. The molecular weight excluding hydrogens is 324 g/mol. The van der Waals surface area contributed by atoms with Gasteiger partial charge in [0.15, 0.2) is 0 Å². The maximum atomic E-state index is 12.6. The number of hydrogen-bond acceptors (Lipinski definition) is 6. The first-order valence-electron chi connectivity index (χ1n) is 8.01. The van der Waals surface area contributed by atoms with Gasteiger partial charge < -0.3 is 10.2 Å². The van der Waals surface area contributed by atoms with E-state index in [0.717, 1.165) is 25.1 Å². The van der Waals surface area contributed by atoms with E-state index < -0.39 is 10.5 Å². The van der Waals surface area contributed by atoms with E-state index in [1.165, 1.54) is 10.9 Å². The molecule has 0 aliphatic carbocycles. The first-order chi connectivity index (χ1) is 11.8. The van der Waals surface area contributed by atoms with Gasteiger partial charge in [-0.3, -0.25) is 19.6 Å². The summed E-state index contributed by atoms with van der Waals surface area (Å²) in [6.07, 6.45) is 3.95. The quantitative estimate of drug-likeness (QED) is 0.609. The first-order valence-corrected chi connectivity index (χ1v) is 8.01. The second kappa shape index (κ2) is 7.29. The summed E-state index contributed by atoms with van der Waals surface area (Å²) in [4.78, 5) is 29.2. The van der Waals surface area contributed by atoms with Gasteiger partial charge in [0.2, 0.25) is 0 Å². The molecule has 0 aromatic carbocycles. The molecule has 0 aliphatic heterocycles. The van der Waals surface area contributed by atoms with Gasteiger partial charge in [-0.2, -0.15) is 5.10 Å². The molecule has 2 aromatic heterocycles. The average molecular weight is 346 g/mol. The third-order valence-electron chi connectivity index (χ3n) is 4.00. The van der Waals surface area contributed by atoms with Crippen LogP contribution in [-0.2, 0) is 10.3 Å². The Morgan fingerprint density at radius 1 is 1.32 bits per heavy atom. The van der Waals surface area contributed by atoms with Gasteiger partial charge >= 0.3 is 5.69 Å². The molecule has 0 unspecified atom stereocenters. The fraction of sp³-hybridized carbons (Fsp3) is 0.438. The van der Waals surface area contributed by atoms with Crippen LogP contribution in [-0.4, -0.2) is 38.7 Å². The van der Waals surface area contributed by atoms with Crippen LogP contribution in [0.1, 0.15) is 27.7 Å². The van der Waals surface area contributed by atoms with E-state index in [1.807, 2.05) is 19.9 Å². The van der Waals surface area contributed by atoms with Crippen molar-refractivity contribution in [2.45, 2.75) is 33.2 Å². The van der Waals surface area contributed by atoms with Crippen molar-refractivity contribution < 1.29 is 9.72 Å². The zero-order chi connectivity index (χ0) is 18.6. The number of carbonyl (C=O) groups excluding carboxylic acids is 1. The van der Waals surface area contributed by atoms with Crippen LogP contribution in [0.4, 0.5) is 17.2 Å². The van der Waals surface area contributed by atoms with Crippen LogP contribution < -0.4 is 10.2 Å². The van der Waals surface area contributed by atoms with Crippen LogP contribution in [0, 0.1) is 10.1 Å². The highest BCUT2D eigenvalue weighted by molar-refractivity contribution is 5.96. The van der Waals surface area contributed by atoms with Crippen LogP contribution in [0.15, 0.2) is 30.7 Å². The molecule has 134 valence electrons. The molecule has 2 heterocycles. The van der Waals surface area contributed by atoms with E-state index in [2.05, 4.69) is 20.3 Å². The number of nitrogens with one attached hydrogen (secondary N) is 1. The fourth-order valence-electron chi connectivity index (χ4n) is 2.30. The fourth-order valence-corrected chi connectivity index (χ4v) is 2.30. The summed E-state index contributed by atoms with van der Waals surface area (Å²) < 4.78 is 1.28. The van der Waals surface area contributed by atoms with Crippen LogP contribution in [0.2, 0.25) is 0 Å². The highest BCUT2D eigenvalue weighted by Crippen LogP contribution is 2.21. The number of anilines is 2. The molecule has 1 amide bonds. The Balaban J connectivity index is 2.13.